The Hall–Kier alpha value is -2.36. The Balaban J connectivity index is 1.78. The fraction of sp³-hybridized carbons (Fsp3) is 0.250. The molecule has 0 bridgehead atoms. The van der Waals surface area contributed by atoms with Gasteiger partial charge in [0.15, 0.2) is 0 Å². The van der Waals surface area contributed by atoms with Crippen molar-refractivity contribution in [2.45, 2.75) is 25.7 Å². The number of carboxylic acids is 1. The van der Waals surface area contributed by atoms with Gasteiger partial charge in [-0.3, -0.25) is 0 Å². The Kier molecular flexibility index (Phi) is 3.37. The number of carbonyl (C=O) groups is 1. The number of aromatic nitrogens is 1. The molecule has 0 saturated heterocycles. The second-order valence-electron chi connectivity index (χ2n) is 4.93. The summed E-state index contributed by atoms with van der Waals surface area (Å²) < 4.78 is 5.68. The van der Waals surface area contributed by atoms with Crippen molar-refractivity contribution in [2.75, 3.05) is 0 Å². The highest BCUT2D eigenvalue weighted by molar-refractivity contribution is 5.87. The first-order valence-corrected chi connectivity index (χ1v) is 6.71. The maximum atomic E-state index is 10.8. The van der Waals surface area contributed by atoms with E-state index in [4.69, 9.17) is 9.84 Å². The molecule has 2 aromatic rings. The summed E-state index contributed by atoms with van der Waals surface area (Å²) in [5.41, 5.74) is 2.90. The Bertz CT molecular complexity index is 635. The summed E-state index contributed by atoms with van der Waals surface area (Å²) in [7, 11) is 0. The Labute approximate surface area is 117 Å². The molecule has 0 atom stereocenters. The average molecular weight is 269 g/mol. The molecule has 1 aromatic heterocycles. The van der Waals surface area contributed by atoms with E-state index in [1.165, 1.54) is 36.2 Å². The lowest BCUT2D eigenvalue weighted by Gasteiger charge is -2.16. The predicted octanol–water partition coefficient (Wildman–Crippen LogP) is 3.45. The van der Waals surface area contributed by atoms with E-state index in [1.807, 2.05) is 6.07 Å². The fourth-order valence-electron chi connectivity index (χ4n) is 2.46. The highest BCUT2D eigenvalue weighted by Crippen LogP contribution is 2.27. The lowest BCUT2D eigenvalue weighted by atomic mass is 9.92. The molecule has 1 aromatic carbocycles. The van der Waals surface area contributed by atoms with Crippen molar-refractivity contribution in [3.63, 3.8) is 0 Å². The molecule has 0 aliphatic heterocycles. The van der Waals surface area contributed by atoms with Gasteiger partial charge in [0, 0.05) is 12.3 Å². The van der Waals surface area contributed by atoms with E-state index < -0.39 is 5.97 Å². The number of hydrogen-bond acceptors (Lipinski definition) is 3. The molecule has 4 nitrogen and oxygen atoms in total. The lowest BCUT2D eigenvalue weighted by Crippen LogP contribution is -2.02. The van der Waals surface area contributed by atoms with Crippen LogP contribution in [0.1, 0.15) is 34.3 Å². The smallest absolute Gasteiger partial charge is 0.337 e. The number of nitrogens with zero attached hydrogens (tertiary/aromatic N) is 1. The first-order valence-electron chi connectivity index (χ1n) is 6.71. The number of fused-ring (bicyclic) bond motifs is 1. The highest BCUT2D eigenvalue weighted by Gasteiger charge is 2.10. The van der Waals surface area contributed by atoms with E-state index in [2.05, 4.69) is 17.1 Å². The van der Waals surface area contributed by atoms with Crippen molar-refractivity contribution in [3.8, 4) is 11.6 Å². The standard InChI is InChI=1S/C16H15NO3/c18-16(19)13-6-8-15(17-10-13)20-14-7-5-11-3-1-2-4-12(11)9-14/h5-10H,1-4H2,(H,18,19). The van der Waals surface area contributed by atoms with Gasteiger partial charge in [0.05, 0.1) is 5.56 Å². The topological polar surface area (TPSA) is 59.4 Å². The van der Waals surface area contributed by atoms with Crippen molar-refractivity contribution in [3.05, 3.63) is 53.2 Å². The number of pyridine rings is 1. The van der Waals surface area contributed by atoms with E-state index in [0.717, 1.165) is 18.6 Å². The highest BCUT2D eigenvalue weighted by atomic mass is 16.5. The molecule has 4 heteroatoms. The van der Waals surface area contributed by atoms with Crippen molar-refractivity contribution in [2.24, 2.45) is 0 Å². The minimum Gasteiger partial charge on any atom is -0.478 e. The predicted molar refractivity (Wildman–Crippen MR) is 74.4 cm³/mol. The number of carboxylic acid groups (broad SMARTS) is 1. The first-order chi connectivity index (χ1) is 9.72. The molecule has 1 aliphatic carbocycles. The SMILES string of the molecule is O=C(O)c1ccc(Oc2ccc3c(c2)CCCC3)nc1. The average Bonchev–Trinajstić information content (AvgIpc) is 2.48. The Morgan fingerprint density at radius 2 is 1.90 bits per heavy atom. The van der Waals surface area contributed by atoms with Crippen LogP contribution in [0.5, 0.6) is 11.6 Å². The van der Waals surface area contributed by atoms with Gasteiger partial charge in [0.1, 0.15) is 5.75 Å². The molecule has 0 spiro atoms. The van der Waals surface area contributed by atoms with Gasteiger partial charge in [-0.1, -0.05) is 6.07 Å². The summed E-state index contributed by atoms with van der Waals surface area (Å²) in [6, 6.07) is 9.17. The molecular formula is C16H15NO3. The molecular weight excluding hydrogens is 254 g/mol. The first kappa shape index (κ1) is 12.7. The van der Waals surface area contributed by atoms with Crippen molar-refractivity contribution < 1.29 is 14.6 Å². The second-order valence-corrected chi connectivity index (χ2v) is 4.93. The number of rotatable bonds is 3. The van der Waals surface area contributed by atoms with Gasteiger partial charge in [-0.2, -0.15) is 0 Å². The number of aryl methyl sites for hydroxylation is 2. The van der Waals surface area contributed by atoms with Crippen LogP contribution in [-0.2, 0) is 12.8 Å². The van der Waals surface area contributed by atoms with Crippen LogP contribution >= 0.6 is 0 Å². The second kappa shape index (κ2) is 5.33. The lowest BCUT2D eigenvalue weighted by molar-refractivity contribution is 0.0696. The quantitative estimate of drug-likeness (QED) is 0.927. The molecule has 1 heterocycles. The maximum absolute atomic E-state index is 10.8. The van der Waals surface area contributed by atoms with Crippen LogP contribution in [0.3, 0.4) is 0 Å². The van der Waals surface area contributed by atoms with Gasteiger partial charge in [-0.15, -0.1) is 0 Å². The molecule has 0 unspecified atom stereocenters. The molecule has 0 amide bonds. The molecule has 3 rings (SSSR count). The van der Waals surface area contributed by atoms with Crippen LogP contribution < -0.4 is 4.74 Å². The third kappa shape index (κ3) is 2.64. The van der Waals surface area contributed by atoms with Crippen molar-refractivity contribution >= 4 is 5.97 Å². The number of benzene rings is 1. The van der Waals surface area contributed by atoms with E-state index in [1.54, 1.807) is 6.07 Å². The minimum atomic E-state index is -0.988. The number of ether oxygens (including phenoxy) is 1. The molecule has 20 heavy (non-hydrogen) atoms. The van der Waals surface area contributed by atoms with Crippen LogP contribution in [0.25, 0.3) is 0 Å². The van der Waals surface area contributed by atoms with Crippen LogP contribution in [0, 0.1) is 0 Å². The van der Waals surface area contributed by atoms with E-state index in [9.17, 15) is 4.79 Å². The molecule has 0 radical (unpaired) electrons. The van der Waals surface area contributed by atoms with Crippen molar-refractivity contribution in [1.82, 2.24) is 4.98 Å². The van der Waals surface area contributed by atoms with Crippen molar-refractivity contribution in [1.29, 1.82) is 0 Å². The van der Waals surface area contributed by atoms with Crippen LogP contribution in [0.15, 0.2) is 36.5 Å². The van der Waals surface area contributed by atoms with Gasteiger partial charge in [-0.25, -0.2) is 9.78 Å². The van der Waals surface area contributed by atoms with Crippen LogP contribution in [0.4, 0.5) is 0 Å². The van der Waals surface area contributed by atoms with Gasteiger partial charge < -0.3 is 9.84 Å². The summed E-state index contributed by atoms with van der Waals surface area (Å²) in [6.45, 7) is 0. The largest absolute Gasteiger partial charge is 0.478 e. The summed E-state index contributed by atoms with van der Waals surface area (Å²) in [5.74, 6) is 0.171. The van der Waals surface area contributed by atoms with E-state index in [0.29, 0.717) is 5.88 Å². The molecule has 0 fully saturated rings. The summed E-state index contributed by atoms with van der Waals surface area (Å²) in [6.07, 6.45) is 6.02. The zero-order chi connectivity index (χ0) is 13.9. The Morgan fingerprint density at radius 1 is 1.10 bits per heavy atom. The fourth-order valence-corrected chi connectivity index (χ4v) is 2.46. The molecule has 102 valence electrons. The monoisotopic (exact) mass is 269 g/mol. The summed E-state index contributed by atoms with van der Waals surface area (Å²) in [4.78, 5) is 14.8. The number of aromatic carboxylic acids is 1. The molecule has 1 aliphatic rings. The maximum Gasteiger partial charge on any atom is 0.337 e. The summed E-state index contributed by atoms with van der Waals surface area (Å²) >= 11 is 0. The number of hydrogen-bond donors (Lipinski definition) is 1. The van der Waals surface area contributed by atoms with Gasteiger partial charge in [0.25, 0.3) is 0 Å². The zero-order valence-corrected chi connectivity index (χ0v) is 11.0. The van der Waals surface area contributed by atoms with E-state index in [-0.39, 0.29) is 5.56 Å². The zero-order valence-electron chi connectivity index (χ0n) is 11.0. The minimum absolute atomic E-state index is 0.155. The third-order valence-corrected chi connectivity index (χ3v) is 3.53. The van der Waals surface area contributed by atoms with Gasteiger partial charge in [0.2, 0.25) is 5.88 Å². The molecule has 0 saturated carbocycles. The summed E-state index contributed by atoms with van der Waals surface area (Å²) in [5, 5.41) is 8.82. The third-order valence-electron chi connectivity index (χ3n) is 3.53. The van der Waals surface area contributed by atoms with E-state index >= 15 is 0 Å². The normalized spacial score (nSPS) is 13.6. The van der Waals surface area contributed by atoms with Gasteiger partial charge >= 0.3 is 5.97 Å². The van der Waals surface area contributed by atoms with Crippen LogP contribution in [0.2, 0.25) is 0 Å². The molecule has 1 N–H and O–H groups in total. The van der Waals surface area contributed by atoms with Crippen LogP contribution in [-0.4, -0.2) is 16.1 Å². The Morgan fingerprint density at radius 3 is 2.60 bits per heavy atom. The van der Waals surface area contributed by atoms with Gasteiger partial charge in [-0.05, 0) is 55.0 Å².